The Kier molecular flexibility index (Phi) is 7.74. The number of rotatable bonds is 2. The predicted molar refractivity (Wildman–Crippen MR) is 168 cm³/mol. The lowest BCUT2D eigenvalue weighted by Crippen LogP contribution is -2.30. The molecule has 3 aromatic carbocycles. The van der Waals surface area contributed by atoms with Gasteiger partial charge in [-0.1, -0.05) is 41.4 Å². The zero-order valence-corrected chi connectivity index (χ0v) is 25.3. The van der Waals surface area contributed by atoms with Gasteiger partial charge in [0.2, 0.25) is 5.36 Å². The van der Waals surface area contributed by atoms with Crippen molar-refractivity contribution in [1.29, 1.82) is 0 Å². The van der Waals surface area contributed by atoms with E-state index >= 15 is 0 Å². The Hall–Kier alpha value is -4.16. The van der Waals surface area contributed by atoms with Crippen molar-refractivity contribution in [3.63, 3.8) is 0 Å². The third-order valence-electron chi connectivity index (χ3n) is 8.49. The van der Waals surface area contributed by atoms with Crippen LogP contribution in [0.1, 0.15) is 40.7 Å². The van der Waals surface area contributed by atoms with Gasteiger partial charge in [-0.05, 0) is 67.3 Å². The molecule has 0 amide bonds. The minimum atomic E-state index is -1.11. The summed E-state index contributed by atoms with van der Waals surface area (Å²) in [5.41, 5.74) is 6.66. The van der Waals surface area contributed by atoms with Gasteiger partial charge in [0.05, 0.1) is 22.0 Å². The molecule has 3 aromatic rings. The molecule has 0 radical (unpaired) electrons. The molecule has 0 spiro atoms. The first-order valence-corrected chi connectivity index (χ1v) is 15.0. The zero-order chi connectivity index (χ0) is 30.4. The summed E-state index contributed by atoms with van der Waals surface area (Å²) in [5, 5.41) is 14.8. The fourth-order valence-corrected chi connectivity index (χ4v) is 7.33. The van der Waals surface area contributed by atoms with Gasteiger partial charge >= 0.3 is 12.1 Å². The fourth-order valence-electron chi connectivity index (χ4n) is 6.84. The molecule has 3 heterocycles. The Balaban J connectivity index is 0.00000105. The number of carboxylic acids is 1. The minimum Gasteiger partial charge on any atom is -0.478 e. The van der Waals surface area contributed by atoms with Crippen molar-refractivity contribution in [3.05, 3.63) is 80.6 Å². The Morgan fingerprint density at radius 3 is 2.30 bits per heavy atom. The number of carbonyl (C=O) groups excluding carboxylic acids is 2. The van der Waals surface area contributed by atoms with Gasteiger partial charge in [-0.15, -0.1) is 0 Å². The Morgan fingerprint density at radius 2 is 1.58 bits per heavy atom. The topological polar surface area (TPSA) is 90.8 Å². The molecular weight excluding hydrogens is 587 g/mol. The fraction of sp³-hybridized carbons (Fsp3) is 0.265. The van der Waals surface area contributed by atoms with Crippen LogP contribution in [0, 0.1) is 0 Å². The van der Waals surface area contributed by atoms with Crippen molar-refractivity contribution >= 4 is 62.8 Å². The first-order valence-electron chi connectivity index (χ1n) is 14.2. The van der Waals surface area contributed by atoms with Crippen molar-refractivity contribution in [2.24, 2.45) is 0 Å². The number of fused-ring (bicyclic) bond motifs is 5. The van der Waals surface area contributed by atoms with Gasteiger partial charge in [0.1, 0.15) is 25.4 Å². The third kappa shape index (κ3) is 4.78. The third-order valence-corrected chi connectivity index (χ3v) is 9.12. The van der Waals surface area contributed by atoms with Crippen molar-refractivity contribution in [2.75, 3.05) is 32.1 Å². The second-order valence-corrected chi connectivity index (χ2v) is 12.0. The number of carboxylic acid groups (broad SMARTS) is 1. The zero-order valence-electron chi connectivity index (χ0n) is 23.8. The minimum absolute atomic E-state index is 0.00828. The summed E-state index contributed by atoms with van der Waals surface area (Å²) in [5.74, 6) is -0.416. The van der Waals surface area contributed by atoms with E-state index in [0.717, 1.165) is 83.4 Å². The summed E-state index contributed by atoms with van der Waals surface area (Å²) in [6.07, 6.45) is 5.45. The van der Waals surface area contributed by atoms with E-state index < -0.39 is 5.97 Å². The van der Waals surface area contributed by atoms with Crippen molar-refractivity contribution in [1.82, 2.24) is 4.58 Å². The average molecular weight is 617 g/mol. The molecule has 0 fully saturated rings. The molecule has 1 aliphatic carbocycles. The molecule has 218 valence electrons. The number of halogens is 2. The molecular formula is C34H29Cl2N2O5+. The van der Waals surface area contributed by atoms with Crippen LogP contribution in [0.2, 0.25) is 10.0 Å². The standard InChI is InChI=1S/C33H28Cl2N2O3.CO2/c1-36(2)25-17-26-27(20-10-4-3-9-19(20)25)28(29-23(34)12-13-24(35)30(29)33(38)39)22-16-18-8-5-6-14-37-15-7-11-21(31(18)37)32(22)40-26;2-1-3/h3-4,9-10,12-13,16-17H,5-8,11,14-15H2,1-2H3;/p+1. The van der Waals surface area contributed by atoms with E-state index in [1.807, 2.05) is 26.2 Å². The molecule has 1 N–H and O–H groups in total. The molecule has 0 saturated carbocycles. The number of aromatic carboxylic acids is 1. The van der Waals surface area contributed by atoms with Gasteiger partial charge in [-0.2, -0.15) is 9.59 Å². The SMILES string of the molecule is C[N+](C)=c1cc2oc3c4c5c(cc3c(-c3c(Cl)ccc(Cl)c3C(=O)O)c-2c2ccccc12)CCCCN5CCC4.O=C=O. The van der Waals surface area contributed by atoms with Crippen LogP contribution in [0.5, 0.6) is 0 Å². The van der Waals surface area contributed by atoms with Crippen LogP contribution in [0.25, 0.3) is 44.2 Å². The quantitative estimate of drug-likeness (QED) is 0.132. The monoisotopic (exact) mass is 615 g/mol. The summed E-state index contributed by atoms with van der Waals surface area (Å²) in [4.78, 5) is 31.5. The maximum Gasteiger partial charge on any atom is 0.373 e. The van der Waals surface area contributed by atoms with Crippen LogP contribution in [0.3, 0.4) is 0 Å². The normalized spacial score (nSPS) is 14.1. The highest BCUT2D eigenvalue weighted by Crippen LogP contribution is 2.51. The first kappa shape index (κ1) is 28.9. The van der Waals surface area contributed by atoms with Crippen LogP contribution in [0.15, 0.2) is 52.9 Å². The molecule has 0 unspecified atom stereocenters. The molecule has 0 atom stereocenters. The highest BCUT2D eigenvalue weighted by atomic mass is 35.5. The Morgan fingerprint density at radius 1 is 0.884 bits per heavy atom. The van der Waals surface area contributed by atoms with Crippen molar-refractivity contribution < 1.29 is 23.9 Å². The largest absolute Gasteiger partial charge is 0.478 e. The van der Waals surface area contributed by atoms with Crippen LogP contribution in [-0.4, -0.2) is 44.4 Å². The highest BCUT2D eigenvalue weighted by molar-refractivity contribution is 6.39. The summed E-state index contributed by atoms with van der Waals surface area (Å²) < 4.78 is 8.99. The number of hydrogen-bond donors (Lipinski definition) is 1. The van der Waals surface area contributed by atoms with Crippen LogP contribution in [0.4, 0.5) is 5.69 Å². The lowest BCUT2D eigenvalue weighted by molar-refractivity contribution is -0.191. The number of nitrogens with zero attached hydrogens (tertiary/aromatic N) is 2. The first-order chi connectivity index (χ1) is 20.8. The van der Waals surface area contributed by atoms with E-state index in [1.54, 1.807) is 12.1 Å². The number of carbonyl (C=O) groups is 1. The highest BCUT2D eigenvalue weighted by Gasteiger charge is 2.32. The van der Waals surface area contributed by atoms with Crippen LogP contribution < -0.4 is 14.8 Å². The molecule has 0 bridgehead atoms. The van der Waals surface area contributed by atoms with Gasteiger partial charge in [-0.25, -0.2) is 9.37 Å². The van der Waals surface area contributed by atoms with E-state index in [4.69, 9.17) is 37.2 Å². The average Bonchev–Trinajstić information content (AvgIpc) is 3.20. The Bertz CT molecular complexity index is 2020. The number of hydrogen-bond acceptors (Lipinski definition) is 5. The molecule has 7 rings (SSSR count). The van der Waals surface area contributed by atoms with Gasteiger partial charge in [0, 0.05) is 51.4 Å². The molecule has 9 heteroatoms. The Labute approximate surface area is 257 Å². The second kappa shape index (κ2) is 11.5. The molecule has 3 aliphatic heterocycles. The number of aryl methyl sites for hydroxylation is 2. The summed E-state index contributed by atoms with van der Waals surface area (Å²) in [6.45, 7) is 2.09. The smallest absolute Gasteiger partial charge is 0.373 e. The molecule has 7 nitrogen and oxygen atoms in total. The number of anilines is 1. The van der Waals surface area contributed by atoms with E-state index in [0.29, 0.717) is 16.3 Å². The molecule has 0 saturated heterocycles. The number of benzene rings is 4. The van der Waals surface area contributed by atoms with Crippen molar-refractivity contribution in [2.45, 2.75) is 32.1 Å². The molecule has 43 heavy (non-hydrogen) atoms. The predicted octanol–water partition coefficient (Wildman–Crippen LogP) is 6.90. The lowest BCUT2D eigenvalue weighted by Gasteiger charge is -2.33. The van der Waals surface area contributed by atoms with Gasteiger partial charge in [0.25, 0.3) is 0 Å². The van der Waals surface area contributed by atoms with Crippen LogP contribution >= 0.6 is 23.2 Å². The maximum absolute atomic E-state index is 12.7. The van der Waals surface area contributed by atoms with E-state index in [1.165, 1.54) is 16.8 Å². The van der Waals surface area contributed by atoms with Gasteiger partial charge < -0.3 is 14.4 Å². The molecule has 0 aromatic heterocycles. The summed E-state index contributed by atoms with van der Waals surface area (Å²) >= 11 is 13.5. The van der Waals surface area contributed by atoms with Gasteiger partial charge in [-0.3, -0.25) is 0 Å². The second-order valence-electron chi connectivity index (χ2n) is 11.1. The summed E-state index contributed by atoms with van der Waals surface area (Å²) in [6, 6.07) is 15.7. The molecule has 4 aliphatic rings. The van der Waals surface area contributed by atoms with E-state index in [9.17, 15) is 9.90 Å². The van der Waals surface area contributed by atoms with Crippen molar-refractivity contribution in [3.8, 4) is 22.5 Å². The van der Waals surface area contributed by atoms with E-state index in [-0.39, 0.29) is 16.7 Å². The maximum atomic E-state index is 12.7. The lowest BCUT2D eigenvalue weighted by atomic mass is 9.85. The summed E-state index contributed by atoms with van der Waals surface area (Å²) in [7, 11) is 4.04. The van der Waals surface area contributed by atoms with Crippen LogP contribution in [-0.2, 0) is 22.4 Å². The van der Waals surface area contributed by atoms with Gasteiger partial charge in [0.15, 0.2) is 0 Å². The van der Waals surface area contributed by atoms with E-state index in [2.05, 4.69) is 33.7 Å².